The van der Waals surface area contributed by atoms with Crippen molar-refractivity contribution in [2.24, 2.45) is 0 Å². The van der Waals surface area contributed by atoms with Crippen molar-refractivity contribution in [3.63, 3.8) is 0 Å². The third kappa shape index (κ3) is 5.11. The van der Waals surface area contributed by atoms with Crippen LogP contribution in [0.2, 0.25) is 5.02 Å². The summed E-state index contributed by atoms with van der Waals surface area (Å²) in [5.74, 6) is 0.724. The van der Waals surface area contributed by atoms with E-state index in [-0.39, 0.29) is 9.92 Å². The molecule has 0 fully saturated rings. The Balaban J connectivity index is 2.02. The number of benzene rings is 1. The lowest BCUT2D eigenvalue weighted by atomic mass is 10.2. The van der Waals surface area contributed by atoms with Crippen LogP contribution in [0, 0.1) is 0 Å². The Morgan fingerprint density at radius 1 is 1.13 bits per heavy atom. The average molecular weight is 354 g/mol. The van der Waals surface area contributed by atoms with Gasteiger partial charge in [-0.05, 0) is 30.7 Å². The molecule has 2 N–H and O–H groups in total. The molecule has 5 nitrogen and oxygen atoms in total. The van der Waals surface area contributed by atoms with Gasteiger partial charge in [0.05, 0.1) is 16.9 Å². The fourth-order valence-corrected chi connectivity index (χ4v) is 3.59. The lowest BCUT2D eigenvalue weighted by molar-refractivity contribution is 0.601. The van der Waals surface area contributed by atoms with Crippen LogP contribution < -0.4 is 10.0 Å². The summed E-state index contributed by atoms with van der Waals surface area (Å²) < 4.78 is 27.1. The second-order valence-corrected chi connectivity index (χ2v) is 7.16. The summed E-state index contributed by atoms with van der Waals surface area (Å²) in [6.45, 7) is 3.00. The Kier molecular flexibility index (Phi) is 6.24. The van der Waals surface area contributed by atoms with E-state index in [1.54, 1.807) is 24.3 Å². The van der Waals surface area contributed by atoms with E-state index in [1.165, 1.54) is 24.8 Å². The number of rotatable bonds is 8. The first-order valence-corrected chi connectivity index (χ1v) is 9.36. The topological polar surface area (TPSA) is 71.1 Å². The predicted molar refractivity (Wildman–Crippen MR) is 94.5 cm³/mol. The van der Waals surface area contributed by atoms with Crippen LogP contribution in [-0.2, 0) is 10.0 Å². The summed E-state index contributed by atoms with van der Waals surface area (Å²) in [4.78, 5) is 4.25. The average Bonchev–Trinajstić information content (AvgIpc) is 2.53. The second kappa shape index (κ2) is 8.17. The third-order valence-corrected chi connectivity index (χ3v) is 5.11. The van der Waals surface area contributed by atoms with Crippen molar-refractivity contribution in [3.05, 3.63) is 47.6 Å². The number of anilines is 2. The fraction of sp³-hybridized carbons (Fsp3) is 0.312. The predicted octanol–water partition coefficient (Wildman–Crippen LogP) is 4.14. The molecular weight excluding hydrogens is 334 g/mol. The Bertz CT molecular complexity index is 733. The van der Waals surface area contributed by atoms with Crippen LogP contribution in [0.1, 0.15) is 26.2 Å². The van der Waals surface area contributed by atoms with Crippen LogP contribution >= 0.6 is 11.6 Å². The van der Waals surface area contributed by atoms with Gasteiger partial charge in [0, 0.05) is 6.54 Å². The molecule has 0 radical (unpaired) electrons. The Morgan fingerprint density at radius 3 is 2.57 bits per heavy atom. The number of hydrogen-bond acceptors (Lipinski definition) is 4. The molecule has 1 aromatic carbocycles. The number of halogens is 1. The zero-order valence-electron chi connectivity index (χ0n) is 12.9. The Hall–Kier alpha value is -1.79. The van der Waals surface area contributed by atoms with Gasteiger partial charge >= 0.3 is 0 Å². The molecule has 0 amide bonds. The number of unbranched alkanes of at least 4 members (excludes halogenated alkanes) is 2. The van der Waals surface area contributed by atoms with Gasteiger partial charge in [-0.25, -0.2) is 13.4 Å². The number of hydrogen-bond donors (Lipinski definition) is 2. The molecule has 0 unspecified atom stereocenters. The molecule has 0 saturated heterocycles. The van der Waals surface area contributed by atoms with E-state index >= 15 is 0 Å². The van der Waals surface area contributed by atoms with Crippen molar-refractivity contribution >= 4 is 33.1 Å². The van der Waals surface area contributed by atoms with Crippen LogP contribution in [0.3, 0.4) is 0 Å². The molecule has 0 aliphatic heterocycles. The van der Waals surface area contributed by atoms with E-state index in [2.05, 4.69) is 21.9 Å². The molecule has 0 spiro atoms. The first kappa shape index (κ1) is 17.6. The molecule has 0 aliphatic carbocycles. The van der Waals surface area contributed by atoms with Crippen LogP contribution in [0.4, 0.5) is 11.5 Å². The lowest BCUT2D eigenvalue weighted by Crippen LogP contribution is -2.13. The molecule has 124 valence electrons. The van der Waals surface area contributed by atoms with E-state index < -0.39 is 10.0 Å². The Morgan fingerprint density at radius 2 is 1.91 bits per heavy atom. The van der Waals surface area contributed by atoms with Gasteiger partial charge in [0.1, 0.15) is 10.7 Å². The van der Waals surface area contributed by atoms with Gasteiger partial charge < -0.3 is 5.32 Å². The van der Waals surface area contributed by atoms with Crippen molar-refractivity contribution in [1.82, 2.24) is 4.98 Å². The van der Waals surface area contributed by atoms with Crippen LogP contribution in [0.25, 0.3) is 0 Å². The second-order valence-electron chi connectivity index (χ2n) is 5.10. The molecule has 2 aromatic rings. The van der Waals surface area contributed by atoms with E-state index in [1.807, 2.05) is 0 Å². The first-order chi connectivity index (χ1) is 11.0. The molecule has 1 heterocycles. The number of aromatic nitrogens is 1. The minimum Gasteiger partial charge on any atom is -0.370 e. The van der Waals surface area contributed by atoms with E-state index in [0.29, 0.717) is 5.69 Å². The zero-order valence-corrected chi connectivity index (χ0v) is 14.5. The maximum absolute atomic E-state index is 12.3. The molecule has 0 atom stereocenters. The van der Waals surface area contributed by atoms with Crippen molar-refractivity contribution in [2.45, 2.75) is 31.1 Å². The molecule has 0 saturated carbocycles. The van der Waals surface area contributed by atoms with Gasteiger partial charge in [0.15, 0.2) is 0 Å². The smallest absolute Gasteiger partial charge is 0.263 e. The molecule has 0 bridgehead atoms. The monoisotopic (exact) mass is 353 g/mol. The molecule has 0 aliphatic rings. The van der Waals surface area contributed by atoms with Gasteiger partial charge in [0.2, 0.25) is 0 Å². The first-order valence-electron chi connectivity index (χ1n) is 7.50. The highest BCUT2D eigenvalue weighted by Gasteiger charge is 2.17. The van der Waals surface area contributed by atoms with Gasteiger partial charge in [0.25, 0.3) is 10.0 Å². The normalized spacial score (nSPS) is 11.2. The molecule has 23 heavy (non-hydrogen) atoms. The summed E-state index contributed by atoms with van der Waals surface area (Å²) in [5.41, 5.74) is 0.393. The highest BCUT2D eigenvalue weighted by atomic mass is 35.5. The van der Waals surface area contributed by atoms with Crippen molar-refractivity contribution in [3.8, 4) is 0 Å². The SMILES string of the molecule is CCCCCNc1ccc(NS(=O)(=O)c2ccccc2Cl)cn1. The van der Waals surface area contributed by atoms with Gasteiger partial charge in [-0.2, -0.15) is 0 Å². The maximum Gasteiger partial charge on any atom is 0.263 e. The number of sulfonamides is 1. The molecule has 1 aromatic heterocycles. The summed E-state index contributed by atoms with van der Waals surface area (Å²) in [7, 11) is -3.72. The van der Waals surface area contributed by atoms with Crippen LogP contribution in [-0.4, -0.2) is 19.9 Å². The van der Waals surface area contributed by atoms with E-state index in [9.17, 15) is 8.42 Å². The molecular formula is C16H20ClN3O2S. The summed E-state index contributed by atoms with van der Waals surface area (Å²) in [6.07, 6.45) is 4.90. The Labute approximate surface area is 142 Å². The van der Waals surface area contributed by atoms with E-state index in [4.69, 9.17) is 11.6 Å². The number of nitrogens with one attached hydrogen (secondary N) is 2. The summed E-state index contributed by atoms with van der Waals surface area (Å²) in [5, 5.41) is 3.38. The van der Waals surface area contributed by atoms with Crippen molar-refractivity contribution < 1.29 is 8.42 Å². The summed E-state index contributed by atoms with van der Waals surface area (Å²) in [6, 6.07) is 9.73. The number of nitrogens with zero attached hydrogens (tertiary/aromatic N) is 1. The highest BCUT2D eigenvalue weighted by Crippen LogP contribution is 2.23. The minimum atomic E-state index is -3.72. The molecule has 7 heteroatoms. The summed E-state index contributed by atoms with van der Waals surface area (Å²) >= 11 is 5.94. The fourth-order valence-electron chi connectivity index (χ4n) is 2.02. The van der Waals surface area contributed by atoms with Gasteiger partial charge in [-0.1, -0.05) is 43.5 Å². The van der Waals surface area contributed by atoms with Gasteiger partial charge in [-0.15, -0.1) is 0 Å². The molecule has 2 rings (SSSR count). The lowest BCUT2D eigenvalue weighted by Gasteiger charge is -2.10. The third-order valence-electron chi connectivity index (χ3n) is 3.23. The van der Waals surface area contributed by atoms with Gasteiger partial charge in [-0.3, -0.25) is 4.72 Å². The van der Waals surface area contributed by atoms with E-state index in [0.717, 1.165) is 25.2 Å². The number of pyridine rings is 1. The maximum atomic E-state index is 12.3. The van der Waals surface area contributed by atoms with Crippen LogP contribution in [0.5, 0.6) is 0 Å². The van der Waals surface area contributed by atoms with Crippen LogP contribution in [0.15, 0.2) is 47.5 Å². The minimum absolute atomic E-state index is 0.0448. The zero-order chi connectivity index (χ0) is 16.7. The quantitative estimate of drug-likeness (QED) is 0.700. The standard InChI is InChI=1S/C16H20ClN3O2S/c1-2-3-6-11-18-16-10-9-13(12-19-16)20-23(21,22)15-8-5-4-7-14(15)17/h4-5,7-10,12,20H,2-3,6,11H2,1H3,(H,18,19). The largest absolute Gasteiger partial charge is 0.370 e. The highest BCUT2D eigenvalue weighted by molar-refractivity contribution is 7.92. The van der Waals surface area contributed by atoms with Crippen molar-refractivity contribution in [2.75, 3.05) is 16.6 Å². The van der Waals surface area contributed by atoms with Crippen molar-refractivity contribution in [1.29, 1.82) is 0 Å².